The molecule has 1 atom stereocenters. The van der Waals surface area contributed by atoms with Gasteiger partial charge in [0.25, 0.3) is 5.91 Å². The zero-order valence-electron chi connectivity index (χ0n) is 10.7. The molecule has 100 valence electrons. The monoisotopic (exact) mass is 261 g/mol. The standard InChI is InChI=1S/C13H15N3O3/c1-7(2)11(17)14-9-5-3-4-8(6-9)10-12(18)16-13(19)15-10/h3-7,10H,1-2H3,(H,14,17)(H2,15,16,18,19). The first-order valence-electron chi connectivity index (χ1n) is 5.99. The van der Waals surface area contributed by atoms with Gasteiger partial charge in [-0.2, -0.15) is 0 Å². The van der Waals surface area contributed by atoms with Crippen LogP contribution >= 0.6 is 0 Å². The molecule has 1 saturated heterocycles. The van der Waals surface area contributed by atoms with Gasteiger partial charge >= 0.3 is 6.03 Å². The summed E-state index contributed by atoms with van der Waals surface area (Å²) in [6.07, 6.45) is 0. The van der Waals surface area contributed by atoms with E-state index in [9.17, 15) is 14.4 Å². The first kappa shape index (κ1) is 13.1. The summed E-state index contributed by atoms with van der Waals surface area (Å²) in [6.45, 7) is 3.59. The van der Waals surface area contributed by atoms with Crippen molar-refractivity contribution in [3.63, 3.8) is 0 Å². The second-order valence-corrected chi connectivity index (χ2v) is 4.67. The van der Waals surface area contributed by atoms with E-state index >= 15 is 0 Å². The maximum atomic E-state index is 11.6. The van der Waals surface area contributed by atoms with Gasteiger partial charge in [0.2, 0.25) is 5.91 Å². The third-order valence-electron chi connectivity index (χ3n) is 2.79. The Hall–Kier alpha value is -2.37. The Morgan fingerprint density at radius 3 is 2.63 bits per heavy atom. The third-order valence-corrected chi connectivity index (χ3v) is 2.79. The zero-order chi connectivity index (χ0) is 14.0. The fourth-order valence-corrected chi connectivity index (χ4v) is 1.73. The number of rotatable bonds is 3. The molecule has 1 aromatic rings. The number of hydrogen-bond donors (Lipinski definition) is 3. The Balaban J connectivity index is 2.18. The molecule has 0 bridgehead atoms. The molecule has 1 heterocycles. The quantitative estimate of drug-likeness (QED) is 0.713. The van der Waals surface area contributed by atoms with Gasteiger partial charge in [-0.3, -0.25) is 14.9 Å². The van der Waals surface area contributed by atoms with Crippen molar-refractivity contribution in [1.29, 1.82) is 0 Å². The molecule has 0 saturated carbocycles. The molecule has 1 aromatic carbocycles. The number of benzene rings is 1. The number of carbonyl (C=O) groups excluding carboxylic acids is 3. The van der Waals surface area contributed by atoms with E-state index in [0.717, 1.165) is 0 Å². The molecule has 4 amide bonds. The highest BCUT2D eigenvalue weighted by Crippen LogP contribution is 2.20. The summed E-state index contributed by atoms with van der Waals surface area (Å²) < 4.78 is 0. The van der Waals surface area contributed by atoms with Gasteiger partial charge in [-0.1, -0.05) is 26.0 Å². The Kier molecular flexibility index (Phi) is 3.50. The number of anilines is 1. The highest BCUT2D eigenvalue weighted by molar-refractivity contribution is 6.04. The number of hydrogen-bond acceptors (Lipinski definition) is 3. The summed E-state index contributed by atoms with van der Waals surface area (Å²) in [7, 11) is 0. The molecule has 1 unspecified atom stereocenters. The number of amides is 4. The maximum Gasteiger partial charge on any atom is 0.322 e. The van der Waals surface area contributed by atoms with Crippen molar-refractivity contribution in [2.24, 2.45) is 5.92 Å². The second kappa shape index (κ2) is 5.09. The predicted octanol–water partition coefficient (Wildman–Crippen LogP) is 1.16. The molecular weight excluding hydrogens is 246 g/mol. The zero-order valence-corrected chi connectivity index (χ0v) is 10.7. The summed E-state index contributed by atoms with van der Waals surface area (Å²) in [5.41, 5.74) is 1.23. The minimum Gasteiger partial charge on any atom is -0.326 e. The molecule has 0 aromatic heterocycles. The third kappa shape index (κ3) is 2.90. The molecular formula is C13H15N3O3. The van der Waals surface area contributed by atoms with Gasteiger partial charge in [0.1, 0.15) is 6.04 Å². The average molecular weight is 261 g/mol. The molecule has 1 aliphatic rings. The molecule has 1 fully saturated rings. The minimum absolute atomic E-state index is 0.0999. The number of nitrogens with one attached hydrogen (secondary N) is 3. The molecule has 19 heavy (non-hydrogen) atoms. The van der Waals surface area contributed by atoms with E-state index in [2.05, 4.69) is 16.0 Å². The normalized spacial score (nSPS) is 18.2. The van der Waals surface area contributed by atoms with Gasteiger partial charge in [-0.25, -0.2) is 4.79 Å². The predicted molar refractivity (Wildman–Crippen MR) is 69.3 cm³/mol. The molecule has 0 spiro atoms. The summed E-state index contributed by atoms with van der Waals surface area (Å²) >= 11 is 0. The fourth-order valence-electron chi connectivity index (χ4n) is 1.73. The number of imide groups is 1. The lowest BCUT2D eigenvalue weighted by Gasteiger charge is -2.11. The van der Waals surface area contributed by atoms with E-state index in [-0.39, 0.29) is 11.8 Å². The molecule has 3 N–H and O–H groups in total. The van der Waals surface area contributed by atoms with Crippen LogP contribution in [0, 0.1) is 5.92 Å². The van der Waals surface area contributed by atoms with E-state index in [4.69, 9.17) is 0 Å². The largest absolute Gasteiger partial charge is 0.326 e. The Labute approximate surface area is 110 Å². The van der Waals surface area contributed by atoms with Crippen LogP contribution in [0.3, 0.4) is 0 Å². The van der Waals surface area contributed by atoms with E-state index in [1.807, 2.05) is 0 Å². The lowest BCUT2D eigenvalue weighted by Crippen LogP contribution is -2.22. The minimum atomic E-state index is -0.705. The van der Waals surface area contributed by atoms with Crippen LogP contribution in [0.15, 0.2) is 24.3 Å². The van der Waals surface area contributed by atoms with Crippen molar-refractivity contribution < 1.29 is 14.4 Å². The summed E-state index contributed by atoms with van der Waals surface area (Å²) in [4.78, 5) is 34.2. The summed E-state index contributed by atoms with van der Waals surface area (Å²) in [5.74, 6) is -0.618. The highest BCUT2D eigenvalue weighted by atomic mass is 16.2. The summed E-state index contributed by atoms with van der Waals surface area (Å²) in [5, 5.41) is 7.43. The van der Waals surface area contributed by atoms with E-state index in [1.165, 1.54) is 0 Å². The first-order valence-corrected chi connectivity index (χ1v) is 5.99. The summed E-state index contributed by atoms with van der Waals surface area (Å²) in [6, 6.07) is 5.65. The topological polar surface area (TPSA) is 87.3 Å². The van der Waals surface area contributed by atoms with Crippen LogP contribution < -0.4 is 16.0 Å². The van der Waals surface area contributed by atoms with Crippen molar-refractivity contribution in [3.05, 3.63) is 29.8 Å². The van der Waals surface area contributed by atoms with Crippen molar-refractivity contribution in [2.45, 2.75) is 19.9 Å². The molecule has 6 heteroatoms. The van der Waals surface area contributed by atoms with Crippen molar-refractivity contribution in [1.82, 2.24) is 10.6 Å². The lowest BCUT2D eigenvalue weighted by atomic mass is 10.1. The van der Waals surface area contributed by atoms with Crippen molar-refractivity contribution >= 4 is 23.5 Å². The molecule has 2 rings (SSSR count). The van der Waals surface area contributed by atoms with Crippen LogP contribution in [0.1, 0.15) is 25.5 Å². The molecule has 0 radical (unpaired) electrons. The maximum absolute atomic E-state index is 11.6. The Morgan fingerprint density at radius 2 is 2.05 bits per heavy atom. The van der Waals surface area contributed by atoms with Crippen LogP contribution in [-0.2, 0) is 9.59 Å². The van der Waals surface area contributed by atoms with Crippen LogP contribution in [-0.4, -0.2) is 17.8 Å². The van der Waals surface area contributed by atoms with Gasteiger partial charge in [-0.05, 0) is 17.7 Å². The molecule has 0 aliphatic carbocycles. The average Bonchev–Trinajstić information content (AvgIpc) is 2.68. The van der Waals surface area contributed by atoms with Crippen LogP contribution in [0.2, 0.25) is 0 Å². The van der Waals surface area contributed by atoms with Crippen LogP contribution in [0.25, 0.3) is 0 Å². The Morgan fingerprint density at radius 1 is 1.32 bits per heavy atom. The fraction of sp³-hybridized carbons (Fsp3) is 0.308. The van der Waals surface area contributed by atoms with Gasteiger partial charge < -0.3 is 10.6 Å². The van der Waals surface area contributed by atoms with Gasteiger partial charge in [0, 0.05) is 11.6 Å². The van der Waals surface area contributed by atoms with Gasteiger partial charge in [-0.15, -0.1) is 0 Å². The molecule has 1 aliphatic heterocycles. The van der Waals surface area contributed by atoms with E-state index in [0.29, 0.717) is 11.3 Å². The number of carbonyl (C=O) groups is 3. The van der Waals surface area contributed by atoms with Crippen molar-refractivity contribution in [3.8, 4) is 0 Å². The van der Waals surface area contributed by atoms with Crippen molar-refractivity contribution in [2.75, 3.05) is 5.32 Å². The number of urea groups is 1. The van der Waals surface area contributed by atoms with Crippen LogP contribution in [0.4, 0.5) is 10.5 Å². The SMILES string of the molecule is CC(C)C(=O)Nc1cccc(C2NC(=O)NC2=O)c1. The van der Waals surface area contributed by atoms with E-state index < -0.39 is 18.0 Å². The Bertz CT molecular complexity index is 540. The van der Waals surface area contributed by atoms with E-state index in [1.54, 1.807) is 38.1 Å². The molecule has 6 nitrogen and oxygen atoms in total. The lowest BCUT2D eigenvalue weighted by molar-refractivity contribution is -0.120. The smallest absolute Gasteiger partial charge is 0.322 e. The van der Waals surface area contributed by atoms with Gasteiger partial charge in [0.05, 0.1) is 0 Å². The van der Waals surface area contributed by atoms with Gasteiger partial charge in [0.15, 0.2) is 0 Å². The first-order chi connectivity index (χ1) is 8.97. The van der Waals surface area contributed by atoms with Crippen LogP contribution in [0.5, 0.6) is 0 Å². The second-order valence-electron chi connectivity index (χ2n) is 4.67. The highest BCUT2D eigenvalue weighted by Gasteiger charge is 2.30.